The van der Waals surface area contributed by atoms with Gasteiger partial charge < -0.3 is 4.98 Å². The van der Waals surface area contributed by atoms with Gasteiger partial charge in [-0.3, -0.25) is 4.79 Å². The van der Waals surface area contributed by atoms with Crippen molar-refractivity contribution in [1.82, 2.24) is 9.97 Å². The van der Waals surface area contributed by atoms with Crippen LogP contribution in [0.4, 0.5) is 8.78 Å². The van der Waals surface area contributed by atoms with E-state index in [1.54, 1.807) is 12.1 Å². The summed E-state index contributed by atoms with van der Waals surface area (Å²) in [5, 5.41) is 0. The Hall–Kier alpha value is -1.56. The second-order valence-electron chi connectivity index (χ2n) is 4.81. The molecule has 20 heavy (non-hydrogen) atoms. The number of aromatic amines is 1. The highest BCUT2D eigenvalue weighted by molar-refractivity contribution is 9.10. The Labute approximate surface area is 122 Å². The van der Waals surface area contributed by atoms with E-state index >= 15 is 0 Å². The van der Waals surface area contributed by atoms with E-state index in [1.807, 2.05) is 0 Å². The highest BCUT2D eigenvalue weighted by Crippen LogP contribution is 2.41. The van der Waals surface area contributed by atoms with Crippen LogP contribution >= 0.6 is 15.9 Å². The van der Waals surface area contributed by atoms with E-state index < -0.39 is 6.43 Å². The first-order valence-corrected chi connectivity index (χ1v) is 7.03. The smallest absolute Gasteiger partial charge is 0.265 e. The van der Waals surface area contributed by atoms with Crippen molar-refractivity contribution in [3.8, 4) is 11.4 Å². The molecule has 3 rings (SSSR count). The molecule has 0 atom stereocenters. The zero-order valence-corrected chi connectivity index (χ0v) is 12.0. The van der Waals surface area contributed by atoms with Crippen LogP contribution in [0.3, 0.4) is 0 Å². The minimum Gasteiger partial charge on any atom is -0.306 e. The van der Waals surface area contributed by atoms with Gasteiger partial charge in [0.25, 0.3) is 12.0 Å². The molecular weight excluding hydrogens is 330 g/mol. The summed E-state index contributed by atoms with van der Waals surface area (Å²) in [6.07, 6.45) is -0.444. The molecule has 1 aromatic heterocycles. The molecule has 0 radical (unpaired) electrons. The summed E-state index contributed by atoms with van der Waals surface area (Å²) in [5.74, 6) is 0.742. The number of hydrogen-bond acceptors (Lipinski definition) is 2. The zero-order chi connectivity index (χ0) is 14.3. The Morgan fingerprint density at radius 3 is 2.45 bits per heavy atom. The van der Waals surface area contributed by atoms with Crippen molar-refractivity contribution < 1.29 is 8.78 Å². The minimum absolute atomic E-state index is 0.0457. The monoisotopic (exact) mass is 340 g/mol. The lowest BCUT2D eigenvalue weighted by Gasteiger charge is -2.07. The number of rotatable bonds is 3. The number of alkyl halides is 2. The molecule has 1 aromatic carbocycles. The van der Waals surface area contributed by atoms with Crippen LogP contribution in [0.25, 0.3) is 11.4 Å². The van der Waals surface area contributed by atoms with Crippen LogP contribution in [-0.2, 0) is 0 Å². The average Bonchev–Trinajstić information content (AvgIpc) is 3.26. The van der Waals surface area contributed by atoms with Gasteiger partial charge in [0, 0.05) is 17.0 Å². The van der Waals surface area contributed by atoms with Gasteiger partial charge in [0.1, 0.15) is 10.3 Å². The molecule has 1 aliphatic carbocycles. The summed E-state index contributed by atoms with van der Waals surface area (Å²) in [5.41, 5.74) is 1.09. The Kier molecular flexibility index (Phi) is 3.41. The molecule has 6 heteroatoms. The molecule has 1 fully saturated rings. The maximum absolute atomic E-state index is 12.5. The third-order valence-electron chi connectivity index (χ3n) is 3.29. The highest BCUT2D eigenvalue weighted by atomic mass is 79.9. The van der Waals surface area contributed by atoms with Crippen molar-refractivity contribution in [3.05, 3.63) is 50.3 Å². The lowest BCUT2D eigenvalue weighted by atomic mass is 10.1. The summed E-state index contributed by atoms with van der Waals surface area (Å²) in [6, 6.07) is 5.78. The molecule has 1 aliphatic rings. The molecule has 0 spiro atoms. The second-order valence-corrected chi connectivity index (χ2v) is 5.60. The summed E-state index contributed by atoms with van der Waals surface area (Å²) in [6.45, 7) is 0. The molecular formula is C14H11BrF2N2O. The van der Waals surface area contributed by atoms with E-state index in [2.05, 4.69) is 25.9 Å². The Morgan fingerprint density at radius 1 is 1.25 bits per heavy atom. The molecule has 0 amide bonds. The number of aromatic nitrogens is 2. The molecule has 2 aromatic rings. The van der Waals surface area contributed by atoms with Crippen LogP contribution in [0.1, 0.15) is 36.4 Å². The van der Waals surface area contributed by atoms with E-state index in [0.29, 0.717) is 21.8 Å². The maximum atomic E-state index is 12.5. The molecule has 1 saturated carbocycles. The topological polar surface area (TPSA) is 45.8 Å². The van der Waals surface area contributed by atoms with Crippen molar-refractivity contribution in [2.75, 3.05) is 0 Å². The fourth-order valence-electron chi connectivity index (χ4n) is 2.03. The van der Waals surface area contributed by atoms with E-state index in [9.17, 15) is 13.6 Å². The highest BCUT2D eigenvalue weighted by Gasteiger charge is 2.29. The normalized spacial score (nSPS) is 14.8. The van der Waals surface area contributed by atoms with Crippen molar-refractivity contribution in [2.45, 2.75) is 25.2 Å². The van der Waals surface area contributed by atoms with Crippen LogP contribution in [0, 0.1) is 0 Å². The van der Waals surface area contributed by atoms with Crippen LogP contribution < -0.4 is 5.56 Å². The zero-order valence-electron chi connectivity index (χ0n) is 10.4. The summed E-state index contributed by atoms with van der Waals surface area (Å²) >= 11 is 3.25. The fourth-order valence-corrected chi connectivity index (χ4v) is 2.54. The van der Waals surface area contributed by atoms with Gasteiger partial charge >= 0.3 is 0 Å². The lowest BCUT2D eigenvalue weighted by Crippen LogP contribution is -2.13. The van der Waals surface area contributed by atoms with Crippen LogP contribution in [0.5, 0.6) is 0 Å². The molecule has 104 valence electrons. The first kappa shape index (κ1) is 13.4. The van der Waals surface area contributed by atoms with Gasteiger partial charge in [0.15, 0.2) is 0 Å². The van der Waals surface area contributed by atoms with Gasteiger partial charge in [-0.15, -0.1) is 0 Å². The number of H-pyrrole nitrogens is 1. The van der Waals surface area contributed by atoms with E-state index in [4.69, 9.17) is 0 Å². The number of nitrogens with zero attached hydrogens (tertiary/aromatic N) is 1. The van der Waals surface area contributed by atoms with E-state index in [0.717, 1.165) is 18.5 Å². The number of benzene rings is 1. The van der Waals surface area contributed by atoms with Crippen molar-refractivity contribution in [2.24, 2.45) is 0 Å². The Bertz CT molecular complexity index is 693. The lowest BCUT2D eigenvalue weighted by molar-refractivity contribution is 0.151. The van der Waals surface area contributed by atoms with Gasteiger partial charge in [-0.1, -0.05) is 24.3 Å². The number of halogens is 3. The molecule has 0 saturated heterocycles. The number of hydrogen-bond donors (Lipinski definition) is 1. The predicted molar refractivity (Wildman–Crippen MR) is 74.9 cm³/mol. The van der Waals surface area contributed by atoms with Crippen LogP contribution in [0.15, 0.2) is 33.5 Å². The van der Waals surface area contributed by atoms with Crippen LogP contribution in [-0.4, -0.2) is 9.97 Å². The van der Waals surface area contributed by atoms with Crippen LogP contribution in [0.2, 0.25) is 0 Å². The molecule has 1 heterocycles. The third kappa shape index (κ3) is 2.52. The van der Waals surface area contributed by atoms with Gasteiger partial charge in [-0.25, -0.2) is 13.8 Å². The first-order valence-electron chi connectivity index (χ1n) is 6.24. The Morgan fingerprint density at radius 2 is 1.90 bits per heavy atom. The summed E-state index contributed by atoms with van der Waals surface area (Å²) < 4.78 is 25.5. The fraction of sp³-hybridized carbons (Fsp3) is 0.286. The molecule has 0 unspecified atom stereocenters. The van der Waals surface area contributed by atoms with Gasteiger partial charge in [-0.05, 0) is 28.8 Å². The first-order chi connectivity index (χ1) is 9.56. The van der Waals surface area contributed by atoms with E-state index in [1.165, 1.54) is 12.1 Å². The predicted octanol–water partition coefficient (Wildman–Crippen LogP) is 4.01. The third-order valence-corrected chi connectivity index (χ3v) is 4.05. The summed E-state index contributed by atoms with van der Waals surface area (Å²) in [7, 11) is 0. The van der Waals surface area contributed by atoms with Crippen molar-refractivity contribution in [1.29, 1.82) is 0 Å². The molecule has 3 nitrogen and oxygen atoms in total. The largest absolute Gasteiger partial charge is 0.306 e. The quantitative estimate of drug-likeness (QED) is 0.917. The van der Waals surface area contributed by atoms with Gasteiger partial charge in [-0.2, -0.15) is 0 Å². The maximum Gasteiger partial charge on any atom is 0.265 e. The van der Waals surface area contributed by atoms with Crippen molar-refractivity contribution >= 4 is 15.9 Å². The molecule has 0 bridgehead atoms. The summed E-state index contributed by atoms with van der Waals surface area (Å²) in [4.78, 5) is 19.0. The molecule has 1 N–H and O–H groups in total. The molecule has 0 aliphatic heterocycles. The minimum atomic E-state index is -2.50. The number of nitrogens with one attached hydrogen (secondary N) is 1. The average molecular weight is 341 g/mol. The Balaban J connectivity index is 2.03. The SMILES string of the molecule is O=c1[nH]c(-c2ccc(C(F)F)cc2)nc(C2CC2)c1Br. The van der Waals surface area contributed by atoms with Crippen molar-refractivity contribution in [3.63, 3.8) is 0 Å². The second kappa shape index (κ2) is 5.09. The standard InChI is InChI=1S/C14H11BrF2N2O/c15-10-11(7-1-2-7)18-13(19-14(10)20)9-5-3-8(4-6-9)12(16)17/h3-7,12H,1-2H2,(H,18,19,20). The van der Waals surface area contributed by atoms with Gasteiger partial charge in [0.2, 0.25) is 0 Å². The van der Waals surface area contributed by atoms with E-state index in [-0.39, 0.29) is 11.1 Å². The van der Waals surface area contributed by atoms with Gasteiger partial charge in [0.05, 0.1) is 5.69 Å².